The molecule has 6 heteroatoms. The first-order valence-corrected chi connectivity index (χ1v) is 10.4. The Hall–Kier alpha value is -1.69. The lowest BCUT2D eigenvalue weighted by molar-refractivity contribution is -0.134. The third-order valence-corrected chi connectivity index (χ3v) is 5.83. The molecule has 2 saturated heterocycles. The number of carbonyl (C=O) groups is 1. The summed E-state index contributed by atoms with van der Waals surface area (Å²) in [5.74, 6) is 2.33. The molecule has 0 bridgehead atoms. The third kappa shape index (κ3) is 5.64. The number of amides is 1. The van der Waals surface area contributed by atoms with Gasteiger partial charge < -0.3 is 14.7 Å². The van der Waals surface area contributed by atoms with Gasteiger partial charge in [-0.25, -0.2) is 9.97 Å². The molecule has 1 atom stereocenters. The second-order valence-corrected chi connectivity index (χ2v) is 8.70. The molecule has 150 valence electrons. The zero-order valence-electron chi connectivity index (χ0n) is 17.4. The number of rotatable bonds is 5. The van der Waals surface area contributed by atoms with Crippen molar-refractivity contribution in [2.45, 2.75) is 46.0 Å². The number of hydrogen-bond donors (Lipinski definition) is 0. The quantitative estimate of drug-likeness (QED) is 0.794. The first kappa shape index (κ1) is 20.1. The molecule has 3 rings (SSSR count). The van der Waals surface area contributed by atoms with E-state index in [0.717, 1.165) is 69.3 Å². The highest BCUT2D eigenvalue weighted by molar-refractivity contribution is 5.76. The normalized spacial score (nSPS) is 21.7. The number of nitrogens with zero attached hydrogens (tertiary/aromatic N) is 5. The minimum Gasteiger partial charge on any atom is -0.342 e. The number of hydrogen-bond acceptors (Lipinski definition) is 5. The molecule has 1 aromatic heterocycles. The van der Waals surface area contributed by atoms with Crippen molar-refractivity contribution in [3.05, 3.63) is 17.5 Å². The van der Waals surface area contributed by atoms with Crippen LogP contribution in [0.5, 0.6) is 0 Å². The average molecular weight is 374 g/mol. The van der Waals surface area contributed by atoms with Crippen LogP contribution in [0.15, 0.2) is 6.07 Å². The van der Waals surface area contributed by atoms with Gasteiger partial charge in [-0.1, -0.05) is 0 Å². The van der Waals surface area contributed by atoms with Crippen molar-refractivity contribution in [2.75, 3.05) is 51.7 Å². The average Bonchev–Trinajstić information content (AvgIpc) is 2.61. The monoisotopic (exact) mass is 373 g/mol. The van der Waals surface area contributed by atoms with Crippen molar-refractivity contribution >= 4 is 11.9 Å². The van der Waals surface area contributed by atoms with Crippen LogP contribution in [0.4, 0.5) is 5.95 Å². The van der Waals surface area contributed by atoms with Gasteiger partial charge in [-0.15, -0.1) is 0 Å². The summed E-state index contributed by atoms with van der Waals surface area (Å²) >= 11 is 0. The molecule has 2 aliphatic heterocycles. The summed E-state index contributed by atoms with van der Waals surface area (Å²) in [6.45, 7) is 8.90. The summed E-state index contributed by atoms with van der Waals surface area (Å²) in [5.41, 5.74) is 2.04. The zero-order chi connectivity index (χ0) is 19.4. The van der Waals surface area contributed by atoms with E-state index in [1.807, 2.05) is 19.9 Å². The molecule has 1 unspecified atom stereocenters. The maximum atomic E-state index is 12.8. The van der Waals surface area contributed by atoms with E-state index in [1.165, 1.54) is 6.42 Å². The Morgan fingerprint density at radius 1 is 1.07 bits per heavy atom. The van der Waals surface area contributed by atoms with Crippen LogP contribution in [0.3, 0.4) is 0 Å². The molecular weight excluding hydrogens is 338 g/mol. The fourth-order valence-electron chi connectivity index (χ4n) is 4.52. The molecule has 1 amide bonds. The Balaban J connectivity index is 1.48. The van der Waals surface area contributed by atoms with E-state index in [2.05, 4.69) is 38.8 Å². The number of aromatic nitrogens is 2. The van der Waals surface area contributed by atoms with Gasteiger partial charge in [0.25, 0.3) is 0 Å². The van der Waals surface area contributed by atoms with Crippen molar-refractivity contribution in [1.29, 1.82) is 0 Å². The largest absolute Gasteiger partial charge is 0.342 e. The summed E-state index contributed by atoms with van der Waals surface area (Å²) in [6.07, 6.45) is 5.20. The van der Waals surface area contributed by atoms with Crippen LogP contribution in [0.2, 0.25) is 0 Å². The van der Waals surface area contributed by atoms with Crippen LogP contribution >= 0.6 is 0 Å². The second-order valence-electron chi connectivity index (χ2n) is 8.70. The molecule has 0 saturated carbocycles. The van der Waals surface area contributed by atoms with Gasteiger partial charge in [-0.2, -0.15) is 0 Å². The van der Waals surface area contributed by atoms with Crippen LogP contribution in [-0.2, 0) is 4.79 Å². The standard InChI is InChI=1S/C21H35N5O/c1-16-12-17(2)23-21(22-16)25-10-7-18(8-11-25)13-20(27)26-9-5-6-19(15-26)14-24(3)4/h12,18-19H,5-11,13-15H2,1-4H3. The zero-order valence-corrected chi connectivity index (χ0v) is 17.4. The van der Waals surface area contributed by atoms with Gasteiger partial charge >= 0.3 is 0 Å². The first-order chi connectivity index (χ1) is 12.9. The van der Waals surface area contributed by atoms with E-state index >= 15 is 0 Å². The van der Waals surface area contributed by atoms with Crippen LogP contribution in [0.25, 0.3) is 0 Å². The summed E-state index contributed by atoms with van der Waals surface area (Å²) in [4.78, 5) is 28.6. The van der Waals surface area contributed by atoms with E-state index in [4.69, 9.17) is 0 Å². The minimum absolute atomic E-state index is 0.361. The highest BCUT2D eigenvalue weighted by Crippen LogP contribution is 2.25. The van der Waals surface area contributed by atoms with E-state index in [1.54, 1.807) is 0 Å². The molecule has 0 aromatic carbocycles. The molecule has 1 aromatic rings. The molecule has 0 N–H and O–H groups in total. The Morgan fingerprint density at radius 3 is 2.37 bits per heavy atom. The number of aryl methyl sites for hydroxylation is 2. The lowest BCUT2D eigenvalue weighted by Crippen LogP contribution is -2.44. The predicted octanol–water partition coefficient (Wildman–Crippen LogP) is 2.50. The number of piperidine rings is 2. The molecule has 0 spiro atoms. The van der Waals surface area contributed by atoms with Crippen LogP contribution in [-0.4, -0.2) is 72.5 Å². The van der Waals surface area contributed by atoms with Gasteiger partial charge in [-0.3, -0.25) is 4.79 Å². The van der Waals surface area contributed by atoms with Gasteiger partial charge in [-0.05, 0) is 71.5 Å². The molecule has 27 heavy (non-hydrogen) atoms. The Bertz CT molecular complexity index is 619. The lowest BCUT2D eigenvalue weighted by Gasteiger charge is -2.36. The van der Waals surface area contributed by atoms with E-state index in [-0.39, 0.29) is 0 Å². The smallest absolute Gasteiger partial charge is 0.225 e. The van der Waals surface area contributed by atoms with E-state index in [9.17, 15) is 4.79 Å². The van der Waals surface area contributed by atoms with Crippen molar-refractivity contribution in [3.63, 3.8) is 0 Å². The van der Waals surface area contributed by atoms with E-state index < -0.39 is 0 Å². The number of anilines is 1. The van der Waals surface area contributed by atoms with Crippen molar-refractivity contribution in [1.82, 2.24) is 19.8 Å². The number of carbonyl (C=O) groups excluding carboxylic acids is 1. The minimum atomic E-state index is 0.361. The highest BCUT2D eigenvalue weighted by atomic mass is 16.2. The van der Waals surface area contributed by atoms with Crippen LogP contribution < -0.4 is 4.90 Å². The Morgan fingerprint density at radius 2 is 1.74 bits per heavy atom. The molecular formula is C21H35N5O. The summed E-state index contributed by atoms with van der Waals surface area (Å²) in [6, 6.07) is 2.01. The van der Waals surface area contributed by atoms with Crippen LogP contribution in [0, 0.1) is 25.7 Å². The number of likely N-dealkylation sites (tertiary alicyclic amines) is 1. The maximum Gasteiger partial charge on any atom is 0.225 e. The fraction of sp³-hybridized carbons (Fsp3) is 0.762. The van der Waals surface area contributed by atoms with Gasteiger partial charge in [0.05, 0.1) is 0 Å². The van der Waals surface area contributed by atoms with Gasteiger partial charge in [0.15, 0.2) is 0 Å². The molecule has 0 radical (unpaired) electrons. The topological polar surface area (TPSA) is 52.6 Å². The van der Waals surface area contributed by atoms with Crippen molar-refractivity contribution in [2.24, 2.45) is 11.8 Å². The molecule has 0 aliphatic carbocycles. The van der Waals surface area contributed by atoms with Crippen molar-refractivity contribution in [3.8, 4) is 0 Å². The fourth-order valence-corrected chi connectivity index (χ4v) is 4.52. The van der Waals surface area contributed by atoms with Gasteiger partial charge in [0.2, 0.25) is 11.9 Å². The van der Waals surface area contributed by atoms with Gasteiger partial charge in [0.1, 0.15) is 0 Å². The Kier molecular flexibility index (Phi) is 6.68. The van der Waals surface area contributed by atoms with Crippen LogP contribution in [0.1, 0.15) is 43.5 Å². The summed E-state index contributed by atoms with van der Waals surface area (Å²) < 4.78 is 0. The lowest BCUT2D eigenvalue weighted by atomic mass is 9.91. The molecule has 3 heterocycles. The Labute approximate surface area is 164 Å². The van der Waals surface area contributed by atoms with Gasteiger partial charge in [0, 0.05) is 50.5 Å². The maximum absolute atomic E-state index is 12.8. The molecule has 2 fully saturated rings. The highest BCUT2D eigenvalue weighted by Gasteiger charge is 2.28. The molecule has 2 aliphatic rings. The van der Waals surface area contributed by atoms with E-state index in [0.29, 0.717) is 24.2 Å². The second kappa shape index (κ2) is 9.00. The predicted molar refractivity (Wildman–Crippen MR) is 109 cm³/mol. The first-order valence-electron chi connectivity index (χ1n) is 10.4. The molecule has 6 nitrogen and oxygen atoms in total. The summed E-state index contributed by atoms with van der Waals surface area (Å²) in [7, 11) is 4.24. The third-order valence-electron chi connectivity index (χ3n) is 5.83. The van der Waals surface area contributed by atoms with Crippen molar-refractivity contribution < 1.29 is 4.79 Å². The SMILES string of the molecule is Cc1cc(C)nc(N2CCC(CC(=O)N3CCCC(CN(C)C)C3)CC2)n1. The summed E-state index contributed by atoms with van der Waals surface area (Å²) in [5, 5.41) is 0.